The van der Waals surface area contributed by atoms with Crippen molar-refractivity contribution in [1.82, 2.24) is 15.0 Å². The second-order valence-corrected chi connectivity index (χ2v) is 5.56. The van der Waals surface area contributed by atoms with Gasteiger partial charge in [0.2, 0.25) is 11.7 Å². The number of nitrogens with zero attached hydrogens (tertiary/aromatic N) is 3. The molecule has 0 radical (unpaired) electrons. The minimum absolute atomic E-state index is 0.0646. The van der Waals surface area contributed by atoms with Crippen LogP contribution in [0.2, 0.25) is 0 Å². The number of benzene rings is 1. The molecule has 0 N–H and O–H groups in total. The number of halogens is 4. The highest BCUT2D eigenvalue weighted by molar-refractivity contribution is 5.73. The molecule has 1 saturated heterocycles. The van der Waals surface area contributed by atoms with E-state index in [-0.39, 0.29) is 23.3 Å². The van der Waals surface area contributed by atoms with Crippen molar-refractivity contribution in [3.8, 4) is 17.1 Å². The van der Waals surface area contributed by atoms with Crippen LogP contribution < -0.4 is 4.74 Å². The van der Waals surface area contributed by atoms with Gasteiger partial charge in [-0.1, -0.05) is 5.16 Å². The van der Waals surface area contributed by atoms with Crippen molar-refractivity contribution < 1.29 is 31.6 Å². The third kappa shape index (κ3) is 3.72. The van der Waals surface area contributed by atoms with Crippen molar-refractivity contribution in [2.24, 2.45) is 0 Å². The standard InChI is InChI=1S/C15H13F4N3O3/c1-8(23)22-5-4-10(7-22)24-9-2-3-11(12(16)6-9)13-20-14(25-21-13)15(17,18)19/h2-3,6,10H,4-5,7H2,1H3. The zero-order valence-electron chi connectivity index (χ0n) is 13.0. The molecule has 2 aromatic rings. The van der Waals surface area contributed by atoms with E-state index in [4.69, 9.17) is 4.74 Å². The number of carbonyl (C=O) groups is 1. The number of carbonyl (C=O) groups excluding carboxylic acids is 1. The van der Waals surface area contributed by atoms with Gasteiger partial charge in [-0.15, -0.1) is 0 Å². The predicted molar refractivity (Wildman–Crippen MR) is 76.0 cm³/mol. The van der Waals surface area contributed by atoms with Crippen LogP contribution in [0, 0.1) is 5.82 Å². The van der Waals surface area contributed by atoms with E-state index in [9.17, 15) is 22.4 Å². The lowest BCUT2D eigenvalue weighted by molar-refractivity contribution is -0.159. The highest BCUT2D eigenvalue weighted by atomic mass is 19.4. The van der Waals surface area contributed by atoms with Crippen molar-refractivity contribution in [2.75, 3.05) is 13.1 Å². The summed E-state index contributed by atoms with van der Waals surface area (Å²) in [7, 11) is 0. The third-order valence-electron chi connectivity index (χ3n) is 3.74. The van der Waals surface area contributed by atoms with Crippen LogP contribution >= 0.6 is 0 Å². The molecule has 0 aliphatic carbocycles. The Morgan fingerprint density at radius 1 is 1.40 bits per heavy atom. The first-order valence-electron chi connectivity index (χ1n) is 7.37. The molecule has 1 amide bonds. The van der Waals surface area contributed by atoms with Gasteiger partial charge in [0.1, 0.15) is 17.7 Å². The number of likely N-dealkylation sites (tertiary alicyclic amines) is 1. The van der Waals surface area contributed by atoms with Gasteiger partial charge in [0, 0.05) is 26.0 Å². The number of hydrogen-bond acceptors (Lipinski definition) is 5. The molecule has 0 bridgehead atoms. The maximum absolute atomic E-state index is 14.2. The normalized spacial score (nSPS) is 17.8. The minimum atomic E-state index is -4.80. The quantitative estimate of drug-likeness (QED) is 0.789. The van der Waals surface area contributed by atoms with Gasteiger partial charge in [-0.3, -0.25) is 4.79 Å². The SMILES string of the molecule is CC(=O)N1CCC(Oc2ccc(-c3noc(C(F)(F)F)n3)c(F)c2)C1. The molecular formula is C15H13F4N3O3. The Hall–Kier alpha value is -2.65. The Labute approximate surface area is 139 Å². The number of alkyl halides is 3. The van der Waals surface area contributed by atoms with Crippen molar-refractivity contribution >= 4 is 5.91 Å². The van der Waals surface area contributed by atoms with E-state index in [2.05, 4.69) is 14.7 Å². The number of amides is 1. The predicted octanol–water partition coefficient (Wildman–Crippen LogP) is 2.89. The molecule has 2 heterocycles. The zero-order valence-corrected chi connectivity index (χ0v) is 13.0. The Morgan fingerprint density at radius 2 is 2.16 bits per heavy atom. The molecule has 1 fully saturated rings. The van der Waals surface area contributed by atoms with Crippen LogP contribution in [0.3, 0.4) is 0 Å². The zero-order chi connectivity index (χ0) is 18.2. The number of aromatic nitrogens is 2. The molecule has 1 atom stereocenters. The van der Waals surface area contributed by atoms with Crippen molar-refractivity contribution in [3.05, 3.63) is 29.9 Å². The van der Waals surface area contributed by atoms with Gasteiger partial charge in [0.25, 0.3) is 0 Å². The summed E-state index contributed by atoms with van der Waals surface area (Å²) in [4.78, 5) is 16.0. The summed E-state index contributed by atoms with van der Waals surface area (Å²) in [6.07, 6.45) is -4.45. The highest BCUT2D eigenvalue weighted by Crippen LogP contribution is 2.31. The fourth-order valence-electron chi connectivity index (χ4n) is 2.50. The van der Waals surface area contributed by atoms with Crippen LogP contribution in [-0.4, -0.2) is 40.1 Å². The van der Waals surface area contributed by atoms with Crippen molar-refractivity contribution in [1.29, 1.82) is 0 Å². The first-order chi connectivity index (χ1) is 11.7. The smallest absolute Gasteiger partial charge is 0.471 e. The molecule has 1 aliphatic heterocycles. The van der Waals surface area contributed by atoms with E-state index >= 15 is 0 Å². The van der Waals surface area contributed by atoms with Crippen LogP contribution in [0.25, 0.3) is 11.4 Å². The molecule has 25 heavy (non-hydrogen) atoms. The topological polar surface area (TPSA) is 68.5 Å². The summed E-state index contributed by atoms with van der Waals surface area (Å²) in [5.74, 6) is -2.74. The second kappa shape index (κ2) is 6.34. The molecular weight excluding hydrogens is 346 g/mol. The maximum atomic E-state index is 14.2. The largest absolute Gasteiger partial charge is 0.488 e. The first-order valence-corrected chi connectivity index (χ1v) is 7.37. The lowest BCUT2D eigenvalue weighted by Crippen LogP contribution is -2.28. The maximum Gasteiger partial charge on any atom is 0.471 e. The van der Waals surface area contributed by atoms with Gasteiger partial charge in [0.05, 0.1) is 12.1 Å². The Kier molecular flexibility index (Phi) is 4.36. The molecule has 1 unspecified atom stereocenters. The van der Waals surface area contributed by atoms with Gasteiger partial charge >= 0.3 is 12.1 Å². The molecule has 1 aliphatic rings. The number of rotatable bonds is 3. The first kappa shape index (κ1) is 17.2. The van der Waals surface area contributed by atoms with Gasteiger partial charge in [-0.05, 0) is 12.1 Å². The van der Waals surface area contributed by atoms with E-state index in [1.165, 1.54) is 19.1 Å². The highest BCUT2D eigenvalue weighted by Gasteiger charge is 2.38. The summed E-state index contributed by atoms with van der Waals surface area (Å²) in [6.45, 7) is 2.42. The summed E-state index contributed by atoms with van der Waals surface area (Å²) in [5, 5.41) is 3.14. The fraction of sp³-hybridized carbons (Fsp3) is 0.400. The van der Waals surface area contributed by atoms with Crippen LogP contribution in [0.5, 0.6) is 5.75 Å². The van der Waals surface area contributed by atoms with Crippen LogP contribution in [0.15, 0.2) is 22.7 Å². The lowest BCUT2D eigenvalue weighted by Gasteiger charge is -2.15. The average Bonchev–Trinajstić information content (AvgIpc) is 3.16. The Bertz CT molecular complexity index is 791. The van der Waals surface area contributed by atoms with E-state index in [1.807, 2.05) is 0 Å². The number of ether oxygens (including phenoxy) is 1. The summed E-state index contributed by atoms with van der Waals surface area (Å²) in [5.41, 5.74) is -0.233. The second-order valence-electron chi connectivity index (χ2n) is 5.56. The minimum Gasteiger partial charge on any atom is -0.488 e. The molecule has 0 spiro atoms. The van der Waals surface area contributed by atoms with Crippen molar-refractivity contribution in [3.63, 3.8) is 0 Å². The lowest BCUT2D eigenvalue weighted by atomic mass is 10.2. The Balaban J connectivity index is 1.73. The molecule has 0 saturated carbocycles. The van der Waals surface area contributed by atoms with Gasteiger partial charge in [-0.25, -0.2) is 4.39 Å². The molecule has 1 aromatic heterocycles. The van der Waals surface area contributed by atoms with Crippen LogP contribution in [0.4, 0.5) is 17.6 Å². The summed E-state index contributed by atoms with van der Waals surface area (Å²) >= 11 is 0. The van der Waals surface area contributed by atoms with Crippen molar-refractivity contribution in [2.45, 2.75) is 25.6 Å². The van der Waals surface area contributed by atoms with Gasteiger partial charge < -0.3 is 14.2 Å². The average molecular weight is 359 g/mol. The fourth-order valence-corrected chi connectivity index (χ4v) is 2.50. The van der Waals surface area contributed by atoms with E-state index < -0.39 is 23.7 Å². The van der Waals surface area contributed by atoms with Gasteiger partial charge in [0.15, 0.2) is 0 Å². The van der Waals surface area contributed by atoms with Gasteiger partial charge in [-0.2, -0.15) is 18.2 Å². The third-order valence-corrected chi connectivity index (χ3v) is 3.74. The summed E-state index contributed by atoms with van der Waals surface area (Å²) in [6, 6.07) is 3.65. The van der Waals surface area contributed by atoms with E-state index in [1.54, 1.807) is 4.90 Å². The van der Waals surface area contributed by atoms with Crippen LogP contribution in [0.1, 0.15) is 19.2 Å². The summed E-state index contributed by atoms with van der Waals surface area (Å²) < 4.78 is 61.2. The molecule has 10 heteroatoms. The molecule has 6 nitrogen and oxygen atoms in total. The molecule has 134 valence electrons. The van der Waals surface area contributed by atoms with E-state index in [0.29, 0.717) is 19.5 Å². The van der Waals surface area contributed by atoms with Crippen LogP contribution in [-0.2, 0) is 11.0 Å². The molecule has 1 aromatic carbocycles. The molecule has 3 rings (SSSR count). The monoisotopic (exact) mass is 359 g/mol. The Morgan fingerprint density at radius 3 is 2.72 bits per heavy atom. The van der Waals surface area contributed by atoms with E-state index in [0.717, 1.165) is 6.07 Å². The number of hydrogen-bond donors (Lipinski definition) is 0.